The minimum Gasteiger partial charge on any atom is -0.494 e. The largest absolute Gasteiger partial charge is 0.494 e. The number of hydrogen-bond acceptors (Lipinski definition) is 4. The summed E-state index contributed by atoms with van der Waals surface area (Å²) in [7, 11) is 1.38. The van der Waals surface area contributed by atoms with Gasteiger partial charge in [-0.2, -0.15) is 5.10 Å². The summed E-state index contributed by atoms with van der Waals surface area (Å²) in [5, 5.41) is 8.10. The molecule has 0 unspecified atom stereocenters. The number of hydrogen-bond donors (Lipinski definition) is 1. The van der Waals surface area contributed by atoms with Gasteiger partial charge >= 0.3 is 0 Å². The second-order valence-electron chi connectivity index (χ2n) is 6.50. The van der Waals surface area contributed by atoms with Crippen molar-refractivity contribution < 1.29 is 18.3 Å². The van der Waals surface area contributed by atoms with Crippen LogP contribution in [0.4, 0.5) is 14.5 Å². The smallest absolute Gasteiger partial charge is 0.265 e. The SMILES string of the molecule is COc1ccc(NC(=O)c2cc3c(C)nn(Cc4ccc(F)cc4)c3s2)cc1F. The highest BCUT2D eigenvalue weighted by Gasteiger charge is 2.17. The Morgan fingerprint density at radius 3 is 2.62 bits per heavy atom. The highest BCUT2D eigenvalue weighted by molar-refractivity contribution is 7.20. The molecule has 29 heavy (non-hydrogen) atoms. The topological polar surface area (TPSA) is 56.1 Å². The lowest BCUT2D eigenvalue weighted by Gasteiger charge is -2.06. The maximum atomic E-state index is 13.9. The van der Waals surface area contributed by atoms with Gasteiger partial charge in [0.15, 0.2) is 11.6 Å². The molecule has 5 nitrogen and oxygen atoms in total. The summed E-state index contributed by atoms with van der Waals surface area (Å²) in [4.78, 5) is 14.0. The molecule has 2 aromatic heterocycles. The number of halogens is 2. The number of nitrogens with zero attached hydrogens (tertiary/aromatic N) is 2. The van der Waals surface area contributed by atoms with Crippen molar-refractivity contribution in [1.29, 1.82) is 0 Å². The van der Waals surface area contributed by atoms with Crippen LogP contribution >= 0.6 is 11.3 Å². The number of nitrogens with one attached hydrogen (secondary N) is 1. The van der Waals surface area contributed by atoms with Gasteiger partial charge in [0.05, 0.1) is 24.2 Å². The number of thiophene rings is 1. The third-order valence-electron chi connectivity index (χ3n) is 4.49. The van der Waals surface area contributed by atoms with E-state index in [1.807, 2.05) is 6.92 Å². The van der Waals surface area contributed by atoms with Crippen LogP contribution in [0, 0.1) is 18.6 Å². The van der Waals surface area contributed by atoms with E-state index in [-0.39, 0.29) is 17.5 Å². The van der Waals surface area contributed by atoms with Gasteiger partial charge in [-0.25, -0.2) is 8.78 Å². The van der Waals surface area contributed by atoms with Crippen LogP contribution in [0.3, 0.4) is 0 Å². The van der Waals surface area contributed by atoms with Crippen LogP contribution in [-0.2, 0) is 6.54 Å². The van der Waals surface area contributed by atoms with Gasteiger partial charge in [0, 0.05) is 17.1 Å². The normalized spacial score (nSPS) is 11.0. The van der Waals surface area contributed by atoms with Crippen molar-refractivity contribution in [1.82, 2.24) is 9.78 Å². The van der Waals surface area contributed by atoms with Gasteiger partial charge < -0.3 is 10.1 Å². The van der Waals surface area contributed by atoms with Gasteiger partial charge in [-0.3, -0.25) is 9.48 Å². The van der Waals surface area contributed by atoms with Gasteiger partial charge in [-0.15, -0.1) is 11.3 Å². The lowest BCUT2D eigenvalue weighted by Crippen LogP contribution is -2.10. The van der Waals surface area contributed by atoms with Crippen LogP contribution in [0.5, 0.6) is 5.75 Å². The van der Waals surface area contributed by atoms with Crippen LogP contribution in [0.1, 0.15) is 20.9 Å². The number of anilines is 1. The number of aryl methyl sites for hydroxylation is 1. The van der Waals surface area contributed by atoms with Crippen molar-refractivity contribution in [2.24, 2.45) is 0 Å². The quantitative estimate of drug-likeness (QED) is 0.501. The van der Waals surface area contributed by atoms with E-state index in [2.05, 4.69) is 10.4 Å². The number of carbonyl (C=O) groups is 1. The minimum absolute atomic E-state index is 0.112. The molecule has 4 rings (SSSR count). The van der Waals surface area contributed by atoms with E-state index < -0.39 is 5.82 Å². The maximum Gasteiger partial charge on any atom is 0.265 e. The number of rotatable bonds is 5. The van der Waals surface area contributed by atoms with Crippen molar-refractivity contribution in [3.05, 3.63) is 76.3 Å². The summed E-state index contributed by atoms with van der Waals surface area (Å²) < 4.78 is 33.7. The minimum atomic E-state index is -0.549. The molecule has 0 radical (unpaired) electrons. The van der Waals surface area contributed by atoms with E-state index in [4.69, 9.17) is 4.74 Å². The average molecular weight is 413 g/mol. The van der Waals surface area contributed by atoms with Crippen molar-refractivity contribution in [2.75, 3.05) is 12.4 Å². The van der Waals surface area contributed by atoms with Crippen LogP contribution in [0.2, 0.25) is 0 Å². The predicted octanol–water partition coefficient (Wildman–Crippen LogP) is 4.99. The molecule has 1 N–H and O–H groups in total. The molecule has 0 saturated heterocycles. The Hall–Kier alpha value is -3.26. The number of amides is 1. The molecule has 148 valence electrons. The van der Waals surface area contributed by atoms with E-state index in [0.717, 1.165) is 21.5 Å². The molecule has 0 aliphatic carbocycles. The highest BCUT2D eigenvalue weighted by atomic mass is 32.1. The van der Waals surface area contributed by atoms with Crippen LogP contribution in [-0.4, -0.2) is 22.8 Å². The number of fused-ring (bicyclic) bond motifs is 1. The monoisotopic (exact) mass is 413 g/mol. The maximum absolute atomic E-state index is 13.9. The molecule has 0 atom stereocenters. The highest BCUT2D eigenvalue weighted by Crippen LogP contribution is 2.30. The average Bonchev–Trinajstić information content (AvgIpc) is 3.25. The Labute approximate surface area is 169 Å². The number of methoxy groups -OCH3 is 1. The first-order valence-electron chi connectivity index (χ1n) is 8.81. The summed E-state index contributed by atoms with van der Waals surface area (Å²) in [5.74, 6) is -1.06. The second kappa shape index (κ2) is 7.63. The second-order valence-corrected chi connectivity index (χ2v) is 7.53. The summed E-state index contributed by atoms with van der Waals surface area (Å²) in [6, 6.07) is 12.3. The molecular formula is C21H17F2N3O2S. The zero-order valence-electron chi connectivity index (χ0n) is 15.7. The van der Waals surface area contributed by atoms with Crippen molar-refractivity contribution in [3.8, 4) is 5.75 Å². The van der Waals surface area contributed by atoms with Crippen molar-refractivity contribution >= 4 is 33.1 Å². The Morgan fingerprint density at radius 2 is 1.93 bits per heavy atom. The molecule has 8 heteroatoms. The lowest BCUT2D eigenvalue weighted by atomic mass is 10.2. The molecule has 0 spiro atoms. The summed E-state index contributed by atoms with van der Waals surface area (Å²) in [6.07, 6.45) is 0. The fourth-order valence-electron chi connectivity index (χ4n) is 3.03. The van der Waals surface area contributed by atoms with Gasteiger partial charge in [0.25, 0.3) is 5.91 Å². The number of ether oxygens (including phenoxy) is 1. The molecule has 1 amide bonds. The molecule has 0 fully saturated rings. The van der Waals surface area contributed by atoms with E-state index in [1.165, 1.54) is 42.7 Å². The molecule has 4 aromatic rings. The van der Waals surface area contributed by atoms with E-state index in [0.29, 0.717) is 17.1 Å². The molecular weight excluding hydrogens is 396 g/mol. The number of carbonyl (C=O) groups excluding carboxylic acids is 1. The van der Waals surface area contributed by atoms with Crippen LogP contribution in [0.25, 0.3) is 10.2 Å². The van der Waals surface area contributed by atoms with Gasteiger partial charge in [-0.05, 0) is 42.8 Å². The Balaban J connectivity index is 1.59. The summed E-state index contributed by atoms with van der Waals surface area (Å²) >= 11 is 1.30. The van der Waals surface area contributed by atoms with Crippen LogP contribution < -0.4 is 10.1 Å². The predicted molar refractivity (Wildman–Crippen MR) is 109 cm³/mol. The zero-order chi connectivity index (χ0) is 20.5. The van der Waals surface area contributed by atoms with Gasteiger partial charge in [-0.1, -0.05) is 12.1 Å². The zero-order valence-corrected chi connectivity index (χ0v) is 16.5. The summed E-state index contributed by atoms with van der Waals surface area (Å²) in [5.41, 5.74) is 2.05. The Bertz CT molecular complexity index is 1200. The third kappa shape index (κ3) is 3.84. The van der Waals surface area contributed by atoms with E-state index in [1.54, 1.807) is 28.9 Å². The standard InChI is InChI=1S/C21H17F2N3O2S/c1-12-16-10-19(20(27)24-15-7-8-18(28-2)17(23)9-15)29-21(16)26(25-12)11-13-3-5-14(22)6-4-13/h3-10H,11H2,1-2H3,(H,24,27). The molecule has 2 aromatic carbocycles. The molecule has 0 aliphatic rings. The number of benzene rings is 2. The van der Waals surface area contributed by atoms with E-state index >= 15 is 0 Å². The third-order valence-corrected chi connectivity index (χ3v) is 5.63. The van der Waals surface area contributed by atoms with Gasteiger partial charge in [0.1, 0.15) is 10.6 Å². The Morgan fingerprint density at radius 1 is 1.17 bits per heavy atom. The first-order chi connectivity index (χ1) is 13.9. The van der Waals surface area contributed by atoms with E-state index in [9.17, 15) is 13.6 Å². The fraction of sp³-hybridized carbons (Fsp3) is 0.143. The summed E-state index contributed by atoms with van der Waals surface area (Å²) in [6.45, 7) is 2.34. The molecule has 0 bridgehead atoms. The molecule has 0 aliphatic heterocycles. The number of aromatic nitrogens is 2. The first-order valence-corrected chi connectivity index (χ1v) is 9.62. The van der Waals surface area contributed by atoms with Crippen LogP contribution in [0.15, 0.2) is 48.5 Å². The Kier molecular flexibility index (Phi) is 5.02. The fourth-order valence-corrected chi connectivity index (χ4v) is 4.09. The molecule has 2 heterocycles. The van der Waals surface area contributed by atoms with Crippen molar-refractivity contribution in [2.45, 2.75) is 13.5 Å². The lowest BCUT2D eigenvalue weighted by molar-refractivity contribution is 0.103. The molecule has 0 saturated carbocycles. The van der Waals surface area contributed by atoms with Gasteiger partial charge in [0.2, 0.25) is 0 Å². The van der Waals surface area contributed by atoms with Crippen molar-refractivity contribution in [3.63, 3.8) is 0 Å². The first kappa shape index (κ1) is 19.1.